The van der Waals surface area contributed by atoms with E-state index in [-0.39, 0.29) is 12.2 Å². The largest absolute Gasteiger partial charge is 0.489 e. The van der Waals surface area contributed by atoms with Crippen LogP contribution in [0.15, 0.2) is 97.1 Å². The van der Waals surface area contributed by atoms with Gasteiger partial charge in [-0.25, -0.2) is 14.6 Å². The number of carbonyl (C=O) groups excluding carboxylic acids is 3. The molecule has 0 aliphatic carbocycles. The lowest BCUT2D eigenvalue weighted by Gasteiger charge is -2.34. The minimum Gasteiger partial charge on any atom is -0.489 e. The number of barbiturate groups is 1. The molecule has 3 aromatic rings. The zero-order valence-electron chi connectivity index (χ0n) is 17.5. The molecule has 164 valence electrons. The van der Waals surface area contributed by atoms with E-state index >= 15 is 0 Å². The number of benzene rings is 3. The van der Waals surface area contributed by atoms with Gasteiger partial charge in [0, 0.05) is 10.6 Å². The Balaban J connectivity index is 1.87. The third-order valence-electron chi connectivity index (χ3n) is 4.91. The summed E-state index contributed by atoms with van der Waals surface area (Å²) < 4.78 is 5.66. The topological polar surface area (TPSA) is 66.9 Å². The Morgan fingerprint density at radius 2 is 1.36 bits per heavy atom. The third-order valence-corrected chi connectivity index (χ3v) is 5.14. The second kappa shape index (κ2) is 9.54. The molecule has 0 atom stereocenters. The third kappa shape index (κ3) is 4.42. The number of amides is 4. The first-order chi connectivity index (χ1) is 16.0. The van der Waals surface area contributed by atoms with Crippen molar-refractivity contribution in [3.63, 3.8) is 0 Å². The van der Waals surface area contributed by atoms with Crippen molar-refractivity contribution in [1.29, 1.82) is 0 Å². The molecular weight excluding hydrogens is 440 g/mol. The van der Waals surface area contributed by atoms with Gasteiger partial charge in [-0.15, -0.1) is 0 Å². The highest BCUT2D eigenvalue weighted by atomic mass is 35.5. The number of para-hydroxylation sites is 2. The number of halogens is 1. The SMILES string of the molecule is C=CCOc1ccc(Cl)cc1C=C1C(=O)N(c2ccccc2)C(=O)N(c2ccccc2)C1=O. The summed E-state index contributed by atoms with van der Waals surface area (Å²) in [4.78, 5) is 42.2. The molecule has 0 aromatic heterocycles. The number of hydrogen-bond donors (Lipinski definition) is 0. The van der Waals surface area contributed by atoms with Gasteiger partial charge >= 0.3 is 6.03 Å². The molecule has 0 N–H and O–H groups in total. The van der Waals surface area contributed by atoms with E-state index in [9.17, 15) is 14.4 Å². The molecule has 0 unspecified atom stereocenters. The van der Waals surface area contributed by atoms with Crippen LogP contribution in [0.5, 0.6) is 5.75 Å². The van der Waals surface area contributed by atoms with Gasteiger partial charge in [0.05, 0.1) is 11.4 Å². The normalized spacial score (nSPS) is 13.8. The van der Waals surface area contributed by atoms with E-state index in [1.165, 1.54) is 6.08 Å². The van der Waals surface area contributed by atoms with Crippen LogP contribution in [0, 0.1) is 0 Å². The maximum Gasteiger partial charge on any atom is 0.343 e. The van der Waals surface area contributed by atoms with Crippen molar-refractivity contribution in [3.05, 3.63) is 108 Å². The van der Waals surface area contributed by atoms with Gasteiger partial charge in [-0.05, 0) is 48.5 Å². The van der Waals surface area contributed by atoms with E-state index < -0.39 is 17.8 Å². The lowest BCUT2D eigenvalue weighted by Crippen LogP contribution is -2.57. The van der Waals surface area contributed by atoms with Gasteiger partial charge < -0.3 is 4.74 Å². The standard InChI is InChI=1S/C26H19ClN2O4/c1-2-15-33-23-14-13-19(27)16-18(23)17-22-24(30)28(20-9-5-3-6-10-20)26(32)29(25(22)31)21-11-7-4-8-12-21/h2-14,16-17H,1,15H2. The van der Waals surface area contributed by atoms with Crippen LogP contribution in [0.1, 0.15) is 5.56 Å². The Labute approximate surface area is 196 Å². The summed E-state index contributed by atoms with van der Waals surface area (Å²) in [6.45, 7) is 3.86. The first-order valence-electron chi connectivity index (χ1n) is 10.1. The number of ether oxygens (including phenoxy) is 1. The highest BCUT2D eigenvalue weighted by molar-refractivity contribution is 6.46. The quantitative estimate of drug-likeness (QED) is 0.278. The van der Waals surface area contributed by atoms with Crippen LogP contribution in [-0.2, 0) is 9.59 Å². The van der Waals surface area contributed by atoms with Crippen molar-refractivity contribution in [1.82, 2.24) is 0 Å². The van der Waals surface area contributed by atoms with Gasteiger partial charge in [0.1, 0.15) is 17.9 Å². The fourth-order valence-corrected chi connectivity index (χ4v) is 3.59. The molecule has 0 radical (unpaired) electrons. The number of carbonyl (C=O) groups is 3. The molecule has 3 aromatic carbocycles. The lowest BCUT2D eigenvalue weighted by atomic mass is 10.0. The lowest BCUT2D eigenvalue weighted by molar-refractivity contribution is -0.121. The highest BCUT2D eigenvalue weighted by Gasteiger charge is 2.43. The number of nitrogens with zero attached hydrogens (tertiary/aromatic N) is 2. The molecule has 1 saturated heterocycles. The summed E-state index contributed by atoms with van der Waals surface area (Å²) in [7, 11) is 0. The zero-order valence-corrected chi connectivity index (χ0v) is 18.2. The molecule has 1 fully saturated rings. The highest BCUT2D eigenvalue weighted by Crippen LogP contribution is 2.32. The molecule has 6 nitrogen and oxygen atoms in total. The van der Waals surface area contributed by atoms with E-state index in [4.69, 9.17) is 16.3 Å². The Hall–Kier alpha value is -4.16. The summed E-state index contributed by atoms with van der Waals surface area (Å²) in [6, 6.07) is 21.0. The van der Waals surface area contributed by atoms with Crippen molar-refractivity contribution in [2.24, 2.45) is 0 Å². The van der Waals surface area contributed by atoms with Crippen LogP contribution < -0.4 is 14.5 Å². The van der Waals surface area contributed by atoms with Crippen molar-refractivity contribution >= 4 is 46.9 Å². The summed E-state index contributed by atoms with van der Waals surface area (Å²) in [5.74, 6) is -1.06. The van der Waals surface area contributed by atoms with Crippen molar-refractivity contribution in [2.45, 2.75) is 0 Å². The van der Waals surface area contributed by atoms with Crippen LogP contribution in [0.25, 0.3) is 6.08 Å². The minimum atomic E-state index is -0.756. The zero-order chi connectivity index (χ0) is 23.4. The second-order valence-corrected chi connectivity index (χ2v) is 7.51. The Kier molecular flexibility index (Phi) is 6.38. The van der Waals surface area contributed by atoms with Crippen LogP contribution in [0.3, 0.4) is 0 Å². The van der Waals surface area contributed by atoms with E-state index in [0.717, 1.165) is 9.80 Å². The van der Waals surface area contributed by atoms with E-state index in [2.05, 4.69) is 6.58 Å². The molecule has 4 rings (SSSR count). The maximum absolute atomic E-state index is 13.4. The van der Waals surface area contributed by atoms with Gasteiger partial charge in [-0.2, -0.15) is 0 Å². The first kappa shape index (κ1) is 22.0. The van der Waals surface area contributed by atoms with Gasteiger partial charge in [-0.1, -0.05) is 60.7 Å². The number of hydrogen-bond acceptors (Lipinski definition) is 4. The summed E-state index contributed by atoms with van der Waals surface area (Å²) in [5, 5.41) is 0.402. The molecule has 33 heavy (non-hydrogen) atoms. The average Bonchev–Trinajstić information content (AvgIpc) is 2.83. The predicted octanol–water partition coefficient (Wildman–Crippen LogP) is 5.49. The molecule has 1 aliphatic heterocycles. The first-order valence-corrected chi connectivity index (χ1v) is 10.5. The molecule has 0 bridgehead atoms. The summed E-state index contributed by atoms with van der Waals surface area (Å²) >= 11 is 6.16. The van der Waals surface area contributed by atoms with Crippen molar-refractivity contribution in [3.8, 4) is 5.75 Å². The van der Waals surface area contributed by atoms with Gasteiger partial charge in [0.25, 0.3) is 11.8 Å². The molecular formula is C26H19ClN2O4. The maximum atomic E-state index is 13.4. The number of imide groups is 2. The molecule has 7 heteroatoms. The molecule has 1 aliphatic rings. The fourth-order valence-electron chi connectivity index (χ4n) is 3.41. The van der Waals surface area contributed by atoms with Crippen LogP contribution >= 0.6 is 11.6 Å². The van der Waals surface area contributed by atoms with Gasteiger partial charge in [-0.3, -0.25) is 9.59 Å². The average molecular weight is 459 g/mol. The van der Waals surface area contributed by atoms with E-state index in [1.807, 2.05) is 0 Å². The second-order valence-electron chi connectivity index (χ2n) is 7.07. The monoisotopic (exact) mass is 458 g/mol. The number of urea groups is 1. The van der Waals surface area contributed by atoms with Crippen LogP contribution in [0.4, 0.5) is 16.2 Å². The Morgan fingerprint density at radius 1 is 0.818 bits per heavy atom. The van der Waals surface area contributed by atoms with Gasteiger partial charge in [0.2, 0.25) is 0 Å². The van der Waals surface area contributed by atoms with Crippen molar-refractivity contribution < 1.29 is 19.1 Å². The van der Waals surface area contributed by atoms with Crippen molar-refractivity contribution in [2.75, 3.05) is 16.4 Å². The van der Waals surface area contributed by atoms with E-state index in [0.29, 0.717) is 27.7 Å². The van der Waals surface area contributed by atoms with Crippen LogP contribution in [-0.4, -0.2) is 24.5 Å². The van der Waals surface area contributed by atoms with Crippen LogP contribution in [0.2, 0.25) is 5.02 Å². The molecule has 1 heterocycles. The number of rotatable bonds is 6. The smallest absolute Gasteiger partial charge is 0.343 e. The van der Waals surface area contributed by atoms with E-state index in [1.54, 1.807) is 84.9 Å². The summed E-state index contributed by atoms with van der Waals surface area (Å²) in [6.07, 6.45) is 2.97. The molecule has 0 saturated carbocycles. The summed E-state index contributed by atoms with van der Waals surface area (Å²) in [5.41, 5.74) is 0.923. The fraction of sp³-hybridized carbons (Fsp3) is 0.0385. The molecule has 0 spiro atoms. The predicted molar refractivity (Wildman–Crippen MR) is 128 cm³/mol. The number of anilines is 2. The molecule has 4 amide bonds. The Bertz CT molecular complexity index is 1190. The minimum absolute atomic E-state index is 0.201. The van der Waals surface area contributed by atoms with Gasteiger partial charge in [0.15, 0.2) is 0 Å². The Morgan fingerprint density at radius 3 is 1.88 bits per heavy atom.